The number of benzene rings is 2. The molecule has 0 aliphatic heterocycles. The summed E-state index contributed by atoms with van der Waals surface area (Å²) in [6.45, 7) is 0. The van der Waals surface area contributed by atoms with Gasteiger partial charge >= 0.3 is 5.97 Å². The molecule has 1 aliphatic carbocycles. The number of hydrogen-bond acceptors (Lipinski definition) is 2. The number of carboxylic acid groups (broad SMARTS) is 1. The van der Waals surface area contributed by atoms with E-state index in [0.717, 1.165) is 10.6 Å². The summed E-state index contributed by atoms with van der Waals surface area (Å²) >= 11 is 6.47. The van der Waals surface area contributed by atoms with Gasteiger partial charge in [-0.3, -0.25) is 4.99 Å². The molecule has 24 heavy (non-hydrogen) atoms. The van der Waals surface area contributed by atoms with Crippen LogP contribution < -0.4 is 0 Å². The van der Waals surface area contributed by atoms with Crippen molar-refractivity contribution in [1.29, 1.82) is 0 Å². The summed E-state index contributed by atoms with van der Waals surface area (Å²) in [7, 11) is 0. The van der Waals surface area contributed by atoms with Gasteiger partial charge in [-0.25, -0.2) is 4.79 Å². The normalized spacial score (nSPS) is 15.7. The minimum absolute atomic E-state index is 0.258. The molecule has 1 fully saturated rings. The average molecular weight is 342 g/mol. The van der Waals surface area contributed by atoms with Crippen molar-refractivity contribution in [2.75, 3.05) is 0 Å². The Morgan fingerprint density at radius 3 is 2.42 bits per heavy atom. The summed E-state index contributed by atoms with van der Waals surface area (Å²) < 4.78 is 0. The first-order chi connectivity index (χ1) is 11.6. The van der Waals surface area contributed by atoms with Crippen molar-refractivity contribution in [3.63, 3.8) is 0 Å². The van der Waals surface area contributed by atoms with Crippen molar-refractivity contribution in [2.45, 2.75) is 38.0 Å². The number of carbonyl (C=O) groups is 1. The van der Waals surface area contributed by atoms with Gasteiger partial charge in [0.25, 0.3) is 0 Å². The zero-order chi connectivity index (χ0) is 16.9. The van der Waals surface area contributed by atoms with Crippen LogP contribution in [0.1, 0.15) is 59.5 Å². The number of aromatic carboxylic acids is 1. The SMILES string of the molecule is O=C(O)c1ccc(/N=C/c2ccc(C3CCCCC3)c(Cl)c2)cc1. The standard InChI is InChI=1S/C20H20ClNO2/c21-19-12-14(6-11-18(19)15-4-2-1-3-5-15)13-22-17-9-7-16(8-10-17)20(23)24/h6-13,15H,1-5H2,(H,23,24)/b22-13+. The molecule has 3 rings (SSSR count). The zero-order valence-electron chi connectivity index (χ0n) is 13.4. The third-order valence-corrected chi connectivity index (χ3v) is 4.87. The van der Waals surface area contributed by atoms with Crippen LogP contribution in [0.25, 0.3) is 0 Å². The smallest absolute Gasteiger partial charge is 0.335 e. The summed E-state index contributed by atoms with van der Waals surface area (Å²) in [4.78, 5) is 15.2. The zero-order valence-corrected chi connectivity index (χ0v) is 14.2. The average Bonchev–Trinajstić information content (AvgIpc) is 2.61. The lowest BCUT2D eigenvalue weighted by molar-refractivity contribution is 0.0697. The number of hydrogen-bond donors (Lipinski definition) is 1. The number of aliphatic imine (C=N–C) groups is 1. The summed E-state index contributed by atoms with van der Waals surface area (Å²) in [5, 5.41) is 9.71. The summed E-state index contributed by atoms with van der Waals surface area (Å²) in [5.74, 6) is -0.351. The van der Waals surface area contributed by atoms with Gasteiger partial charge in [-0.15, -0.1) is 0 Å². The van der Waals surface area contributed by atoms with Crippen LogP contribution in [0.3, 0.4) is 0 Å². The fourth-order valence-corrected chi connectivity index (χ4v) is 3.55. The molecule has 3 nitrogen and oxygen atoms in total. The lowest BCUT2D eigenvalue weighted by Crippen LogP contribution is -2.05. The molecule has 1 N–H and O–H groups in total. The molecule has 0 amide bonds. The monoisotopic (exact) mass is 341 g/mol. The maximum absolute atomic E-state index is 10.8. The number of rotatable bonds is 4. The van der Waals surface area contributed by atoms with Crippen LogP contribution in [0.5, 0.6) is 0 Å². The maximum Gasteiger partial charge on any atom is 0.335 e. The van der Waals surface area contributed by atoms with Crippen molar-refractivity contribution in [2.24, 2.45) is 4.99 Å². The van der Waals surface area contributed by atoms with E-state index in [4.69, 9.17) is 16.7 Å². The molecular weight excluding hydrogens is 322 g/mol. The Bertz CT molecular complexity index is 747. The highest BCUT2D eigenvalue weighted by atomic mass is 35.5. The van der Waals surface area contributed by atoms with Gasteiger partial charge in [-0.2, -0.15) is 0 Å². The Hall–Kier alpha value is -2.13. The Labute approximate surface area is 147 Å². The topological polar surface area (TPSA) is 49.7 Å². The number of halogens is 1. The second-order valence-electron chi connectivity index (χ2n) is 6.23. The van der Waals surface area contributed by atoms with E-state index >= 15 is 0 Å². The van der Waals surface area contributed by atoms with Crippen molar-refractivity contribution in [1.82, 2.24) is 0 Å². The van der Waals surface area contributed by atoms with E-state index in [9.17, 15) is 4.79 Å². The number of nitrogens with zero attached hydrogens (tertiary/aromatic N) is 1. The fraction of sp³-hybridized carbons (Fsp3) is 0.300. The van der Waals surface area contributed by atoms with Gasteiger partial charge in [0, 0.05) is 11.2 Å². The van der Waals surface area contributed by atoms with Gasteiger partial charge in [0.1, 0.15) is 0 Å². The lowest BCUT2D eigenvalue weighted by atomic mass is 9.84. The van der Waals surface area contributed by atoms with Gasteiger partial charge in [0.15, 0.2) is 0 Å². The fourth-order valence-electron chi connectivity index (χ4n) is 3.21. The first kappa shape index (κ1) is 16.7. The quantitative estimate of drug-likeness (QED) is 0.710. The van der Waals surface area contributed by atoms with E-state index in [-0.39, 0.29) is 5.56 Å². The van der Waals surface area contributed by atoms with E-state index in [2.05, 4.69) is 11.1 Å². The molecule has 0 spiro atoms. The molecule has 0 heterocycles. The van der Waals surface area contributed by atoms with Crippen molar-refractivity contribution < 1.29 is 9.90 Å². The van der Waals surface area contributed by atoms with Crippen molar-refractivity contribution in [3.8, 4) is 0 Å². The lowest BCUT2D eigenvalue weighted by Gasteiger charge is -2.23. The van der Waals surface area contributed by atoms with Gasteiger partial charge in [-0.1, -0.05) is 43.0 Å². The van der Waals surface area contributed by atoms with Crippen LogP contribution in [-0.2, 0) is 0 Å². The minimum atomic E-state index is -0.935. The van der Waals surface area contributed by atoms with Gasteiger partial charge in [0.2, 0.25) is 0 Å². The Morgan fingerprint density at radius 2 is 1.79 bits per heavy atom. The predicted octanol–water partition coefficient (Wildman–Crippen LogP) is 5.84. The summed E-state index contributed by atoms with van der Waals surface area (Å²) in [6.07, 6.45) is 8.12. The van der Waals surface area contributed by atoms with Crippen LogP contribution in [0.4, 0.5) is 5.69 Å². The molecule has 0 radical (unpaired) electrons. The highest BCUT2D eigenvalue weighted by Gasteiger charge is 2.17. The second kappa shape index (κ2) is 7.63. The highest BCUT2D eigenvalue weighted by Crippen LogP contribution is 2.36. The third-order valence-electron chi connectivity index (χ3n) is 4.55. The van der Waals surface area contributed by atoms with Gasteiger partial charge in [-0.05, 0) is 60.2 Å². The summed E-state index contributed by atoms with van der Waals surface area (Å²) in [6, 6.07) is 12.6. The molecule has 4 heteroatoms. The molecule has 0 atom stereocenters. The third kappa shape index (κ3) is 4.04. The molecule has 2 aromatic carbocycles. The predicted molar refractivity (Wildman–Crippen MR) is 97.9 cm³/mol. The number of carboxylic acids is 1. The van der Waals surface area contributed by atoms with Crippen LogP contribution in [0.2, 0.25) is 5.02 Å². The van der Waals surface area contributed by atoms with E-state index in [1.807, 2.05) is 12.1 Å². The molecule has 0 aromatic heterocycles. The van der Waals surface area contributed by atoms with Crippen LogP contribution >= 0.6 is 11.6 Å². The molecule has 124 valence electrons. The van der Waals surface area contributed by atoms with E-state index in [1.165, 1.54) is 37.7 Å². The van der Waals surface area contributed by atoms with Gasteiger partial charge in [0.05, 0.1) is 11.3 Å². The van der Waals surface area contributed by atoms with E-state index in [0.29, 0.717) is 11.6 Å². The van der Waals surface area contributed by atoms with Crippen LogP contribution in [0, 0.1) is 0 Å². The molecule has 1 saturated carbocycles. The molecule has 1 aliphatic rings. The van der Waals surface area contributed by atoms with Gasteiger partial charge < -0.3 is 5.11 Å². The second-order valence-corrected chi connectivity index (χ2v) is 6.63. The Kier molecular flexibility index (Phi) is 5.31. The molecule has 0 unspecified atom stereocenters. The van der Waals surface area contributed by atoms with Crippen molar-refractivity contribution >= 4 is 29.5 Å². The molecule has 0 saturated heterocycles. The van der Waals surface area contributed by atoms with E-state index in [1.54, 1.807) is 30.5 Å². The van der Waals surface area contributed by atoms with Crippen LogP contribution in [-0.4, -0.2) is 17.3 Å². The largest absolute Gasteiger partial charge is 0.478 e. The Balaban J connectivity index is 1.73. The first-order valence-corrected chi connectivity index (χ1v) is 8.68. The maximum atomic E-state index is 10.8. The summed E-state index contributed by atoms with van der Waals surface area (Å²) in [5.41, 5.74) is 3.17. The first-order valence-electron chi connectivity index (χ1n) is 8.30. The molecular formula is C20H20ClNO2. The van der Waals surface area contributed by atoms with Crippen molar-refractivity contribution in [3.05, 3.63) is 64.2 Å². The highest BCUT2D eigenvalue weighted by molar-refractivity contribution is 6.31. The van der Waals surface area contributed by atoms with E-state index < -0.39 is 5.97 Å². The Morgan fingerprint density at radius 1 is 1.08 bits per heavy atom. The molecule has 0 bridgehead atoms. The molecule has 2 aromatic rings. The van der Waals surface area contributed by atoms with Crippen LogP contribution in [0.15, 0.2) is 47.5 Å². The minimum Gasteiger partial charge on any atom is -0.478 e.